The van der Waals surface area contributed by atoms with Crippen LogP contribution in [0.15, 0.2) is 58.9 Å². The van der Waals surface area contributed by atoms with Crippen LogP contribution in [0.3, 0.4) is 0 Å². The Bertz CT molecular complexity index is 840. The van der Waals surface area contributed by atoms with Crippen molar-refractivity contribution >= 4 is 39.2 Å². The zero-order valence-electron chi connectivity index (χ0n) is 12.9. The van der Waals surface area contributed by atoms with Gasteiger partial charge in [-0.1, -0.05) is 12.1 Å². The van der Waals surface area contributed by atoms with Crippen molar-refractivity contribution in [1.29, 1.82) is 0 Å². The third kappa shape index (κ3) is 4.18. The first-order valence-electron chi connectivity index (χ1n) is 7.31. The molecule has 1 amide bonds. The molecule has 2 aromatic heterocycles. The van der Waals surface area contributed by atoms with Gasteiger partial charge in [-0.15, -0.1) is 11.3 Å². The highest BCUT2D eigenvalue weighted by Crippen LogP contribution is 2.23. The maximum Gasteiger partial charge on any atom is 0.244 e. The predicted molar refractivity (Wildman–Crippen MR) is 99.0 cm³/mol. The van der Waals surface area contributed by atoms with Crippen molar-refractivity contribution in [2.45, 2.75) is 13.0 Å². The van der Waals surface area contributed by atoms with Gasteiger partial charge >= 0.3 is 0 Å². The second kappa shape index (κ2) is 7.55. The number of carbonyl (C=O) groups is 1. The molecule has 1 unspecified atom stereocenters. The molecule has 0 aliphatic carbocycles. The molecule has 3 aromatic rings. The van der Waals surface area contributed by atoms with E-state index in [0.717, 1.165) is 19.9 Å². The van der Waals surface area contributed by atoms with Gasteiger partial charge in [-0.3, -0.25) is 4.79 Å². The molecule has 122 valence electrons. The van der Waals surface area contributed by atoms with Gasteiger partial charge in [-0.2, -0.15) is 5.10 Å². The number of aromatic nitrogens is 3. The van der Waals surface area contributed by atoms with Crippen LogP contribution in [0.1, 0.15) is 23.4 Å². The monoisotopic (exact) mass is 402 g/mol. The van der Waals surface area contributed by atoms with Crippen LogP contribution in [-0.4, -0.2) is 20.7 Å². The second-order valence-electron chi connectivity index (χ2n) is 5.14. The van der Waals surface area contributed by atoms with Gasteiger partial charge in [0.25, 0.3) is 0 Å². The number of rotatable bonds is 5. The Kier molecular flexibility index (Phi) is 5.22. The molecule has 0 saturated heterocycles. The summed E-state index contributed by atoms with van der Waals surface area (Å²) >= 11 is 4.99. The molecule has 1 atom stereocenters. The Balaban J connectivity index is 1.60. The number of nitrogens with one attached hydrogen (secondary N) is 1. The highest BCUT2D eigenvalue weighted by atomic mass is 79.9. The zero-order chi connectivity index (χ0) is 16.9. The summed E-state index contributed by atoms with van der Waals surface area (Å²) < 4.78 is 2.73. The molecule has 0 radical (unpaired) electrons. The number of hydrogen-bond donors (Lipinski definition) is 1. The smallest absolute Gasteiger partial charge is 0.244 e. The summed E-state index contributed by atoms with van der Waals surface area (Å²) in [6.07, 6.45) is 6.51. The highest BCUT2D eigenvalue weighted by Gasteiger charge is 2.08. The first kappa shape index (κ1) is 16.6. The second-order valence-corrected chi connectivity index (χ2v) is 7.63. The van der Waals surface area contributed by atoms with E-state index in [1.54, 1.807) is 28.4 Å². The van der Waals surface area contributed by atoms with Crippen molar-refractivity contribution < 1.29 is 4.79 Å². The first-order chi connectivity index (χ1) is 11.6. The number of halogens is 1. The molecular weight excluding hydrogens is 388 g/mol. The Morgan fingerprint density at radius 1 is 1.29 bits per heavy atom. The zero-order valence-corrected chi connectivity index (χ0v) is 15.3. The van der Waals surface area contributed by atoms with Crippen LogP contribution >= 0.6 is 27.3 Å². The maximum absolute atomic E-state index is 12.0. The lowest BCUT2D eigenvalue weighted by atomic mass is 10.1. The van der Waals surface area contributed by atoms with E-state index in [4.69, 9.17) is 0 Å². The van der Waals surface area contributed by atoms with Crippen LogP contribution < -0.4 is 5.32 Å². The minimum absolute atomic E-state index is 0.0815. The van der Waals surface area contributed by atoms with E-state index in [2.05, 4.69) is 31.3 Å². The fourth-order valence-electron chi connectivity index (χ4n) is 2.18. The minimum atomic E-state index is -0.118. The molecule has 1 N–H and O–H groups in total. The van der Waals surface area contributed by atoms with Crippen molar-refractivity contribution in [3.63, 3.8) is 0 Å². The average molecular weight is 403 g/mol. The van der Waals surface area contributed by atoms with Gasteiger partial charge in [0.15, 0.2) is 0 Å². The summed E-state index contributed by atoms with van der Waals surface area (Å²) in [4.78, 5) is 17.0. The Morgan fingerprint density at radius 2 is 2.08 bits per heavy atom. The molecule has 7 heteroatoms. The summed E-state index contributed by atoms with van der Waals surface area (Å²) in [5, 5.41) is 7.05. The van der Waals surface area contributed by atoms with Crippen LogP contribution in [0.4, 0.5) is 0 Å². The van der Waals surface area contributed by atoms with Crippen LogP contribution in [0.5, 0.6) is 0 Å². The van der Waals surface area contributed by atoms with Crippen LogP contribution in [0.25, 0.3) is 11.8 Å². The van der Waals surface area contributed by atoms with E-state index in [1.165, 1.54) is 6.33 Å². The molecular formula is C17H15BrN4OS. The number of nitrogens with zero attached hydrogens (tertiary/aromatic N) is 3. The van der Waals surface area contributed by atoms with E-state index in [9.17, 15) is 4.79 Å². The molecule has 1 aromatic carbocycles. The molecule has 0 aliphatic heterocycles. The fourth-order valence-corrected chi connectivity index (χ4v) is 3.50. The molecule has 0 saturated carbocycles. The van der Waals surface area contributed by atoms with Gasteiger partial charge in [0, 0.05) is 11.0 Å². The average Bonchev–Trinajstić information content (AvgIpc) is 3.25. The van der Waals surface area contributed by atoms with Crippen LogP contribution in [0, 0.1) is 0 Å². The standard InChI is InChI=1S/C17H15BrN4OS/c1-12(21-17(23)9-7-15-6-8-16(18)24-15)13-2-4-14(5-3-13)22-11-19-10-20-22/h2-12H,1H3,(H,21,23)/b9-7+. The van der Waals surface area contributed by atoms with E-state index >= 15 is 0 Å². The number of thiophene rings is 1. The van der Waals surface area contributed by atoms with Gasteiger partial charge in [-0.25, -0.2) is 9.67 Å². The lowest BCUT2D eigenvalue weighted by Gasteiger charge is -2.13. The van der Waals surface area contributed by atoms with E-state index in [1.807, 2.05) is 49.4 Å². The number of benzene rings is 1. The van der Waals surface area contributed by atoms with Gasteiger partial charge in [0.2, 0.25) is 5.91 Å². The van der Waals surface area contributed by atoms with Gasteiger partial charge in [0.05, 0.1) is 15.5 Å². The molecule has 0 fully saturated rings. The van der Waals surface area contributed by atoms with E-state index in [0.29, 0.717) is 0 Å². The molecule has 0 aliphatic rings. The number of hydrogen-bond acceptors (Lipinski definition) is 4. The van der Waals surface area contributed by atoms with Crippen molar-refractivity contribution in [3.8, 4) is 5.69 Å². The summed E-state index contributed by atoms with van der Waals surface area (Å²) in [6, 6.07) is 11.7. The van der Waals surface area contributed by atoms with E-state index < -0.39 is 0 Å². The van der Waals surface area contributed by atoms with Crippen molar-refractivity contribution in [2.24, 2.45) is 0 Å². The van der Waals surface area contributed by atoms with Gasteiger partial charge in [-0.05, 0) is 58.8 Å². The summed E-state index contributed by atoms with van der Waals surface area (Å²) in [7, 11) is 0. The van der Waals surface area contributed by atoms with Gasteiger partial charge in [0.1, 0.15) is 12.7 Å². The largest absolute Gasteiger partial charge is 0.346 e. The van der Waals surface area contributed by atoms with Crippen LogP contribution in [0.2, 0.25) is 0 Å². The quantitative estimate of drug-likeness (QED) is 0.656. The Labute approximate surface area is 152 Å². The minimum Gasteiger partial charge on any atom is -0.346 e. The van der Waals surface area contributed by atoms with E-state index in [-0.39, 0.29) is 11.9 Å². The molecule has 0 bridgehead atoms. The fraction of sp³-hybridized carbons (Fsp3) is 0.118. The molecule has 0 spiro atoms. The lowest BCUT2D eigenvalue weighted by Crippen LogP contribution is -2.24. The Hall–Kier alpha value is -2.25. The van der Waals surface area contributed by atoms with Crippen molar-refractivity contribution in [3.05, 3.63) is 69.4 Å². The van der Waals surface area contributed by atoms with Gasteiger partial charge < -0.3 is 5.32 Å². The normalized spacial score (nSPS) is 12.4. The summed E-state index contributed by atoms with van der Waals surface area (Å²) in [5.74, 6) is -0.118. The third-order valence-electron chi connectivity index (χ3n) is 3.43. The van der Waals surface area contributed by atoms with Crippen molar-refractivity contribution in [2.75, 3.05) is 0 Å². The molecule has 3 rings (SSSR count). The van der Waals surface area contributed by atoms with Crippen LogP contribution in [-0.2, 0) is 4.79 Å². The molecule has 2 heterocycles. The topological polar surface area (TPSA) is 59.8 Å². The molecule has 24 heavy (non-hydrogen) atoms. The maximum atomic E-state index is 12.0. The van der Waals surface area contributed by atoms with Crippen molar-refractivity contribution in [1.82, 2.24) is 20.1 Å². The Morgan fingerprint density at radius 3 is 2.71 bits per heavy atom. The SMILES string of the molecule is CC(NC(=O)/C=C/c1ccc(Br)s1)c1ccc(-n2cncn2)cc1. The molecule has 5 nitrogen and oxygen atoms in total. The lowest BCUT2D eigenvalue weighted by molar-refractivity contribution is -0.117. The highest BCUT2D eigenvalue weighted by molar-refractivity contribution is 9.11. The number of carbonyl (C=O) groups excluding carboxylic acids is 1. The number of amides is 1. The predicted octanol–water partition coefficient (Wildman–Crippen LogP) is 3.98. The summed E-state index contributed by atoms with van der Waals surface area (Å²) in [5.41, 5.74) is 1.96. The first-order valence-corrected chi connectivity index (χ1v) is 8.91. The summed E-state index contributed by atoms with van der Waals surface area (Å²) in [6.45, 7) is 1.96. The third-order valence-corrected chi connectivity index (χ3v) is 5.02.